The van der Waals surface area contributed by atoms with Gasteiger partial charge in [-0.15, -0.1) is 0 Å². The molecule has 0 bridgehead atoms. The topological polar surface area (TPSA) is 116 Å². The van der Waals surface area contributed by atoms with E-state index in [2.05, 4.69) is 30.6 Å². The van der Waals surface area contributed by atoms with E-state index in [1.54, 1.807) is 23.5 Å². The highest BCUT2D eigenvalue weighted by Crippen LogP contribution is 2.17. The van der Waals surface area contributed by atoms with Gasteiger partial charge in [-0.1, -0.05) is 24.3 Å². The number of hydrogen-bond acceptors (Lipinski definition) is 6. The Bertz CT molecular complexity index is 1030. The minimum Gasteiger partial charge on any atom is -0.324 e. The van der Waals surface area contributed by atoms with E-state index in [1.807, 2.05) is 48.5 Å². The average molecular weight is 455 g/mol. The van der Waals surface area contributed by atoms with Gasteiger partial charge in [0.15, 0.2) is 0 Å². The van der Waals surface area contributed by atoms with Crippen LogP contribution in [0.4, 0.5) is 11.9 Å². The molecule has 0 saturated carbocycles. The number of fused-ring (bicyclic) bond motifs is 2. The monoisotopic (exact) mass is 454 g/mol. The summed E-state index contributed by atoms with van der Waals surface area (Å²) in [6.45, 7) is 0. The molecule has 0 aliphatic carbocycles. The normalized spacial score (nSPS) is 11.1. The second-order valence-electron chi connectivity index (χ2n) is 6.74. The molecule has 0 atom stereocenters. The first-order chi connectivity index (χ1) is 15.2. The van der Waals surface area contributed by atoms with Crippen molar-refractivity contribution in [2.75, 3.05) is 27.2 Å². The number of carbonyl (C=O) groups is 2. The van der Waals surface area contributed by atoms with E-state index < -0.39 is 0 Å². The van der Waals surface area contributed by atoms with E-state index in [4.69, 9.17) is 0 Å². The molecule has 8 nitrogen and oxygen atoms in total. The summed E-state index contributed by atoms with van der Waals surface area (Å²) in [7, 11) is 0. The van der Waals surface area contributed by atoms with Crippen LogP contribution in [-0.4, -0.2) is 48.3 Å². The molecule has 0 unspecified atom stereocenters. The van der Waals surface area contributed by atoms with E-state index in [9.17, 15) is 9.59 Å². The number of para-hydroxylation sites is 4. The van der Waals surface area contributed by atoms with E-state index >= 15 is 0 Å². The van der Waals surface area contributed by atoms with Crippen LogP contribution < -0.4 is 10.6 Å². The lowest BCUT2D eigenvalue weighted by atomic mass is 10.3. The molecule has 2 amide bonds. The lowest BCUT2D eigenvalue weighted by Gasteiger charge is -2.03. The number of aromatic amines is 2. The van der Waals surface area contributed by atoms with Gasteiger partial charge in [-0.05, 0) is 24.3 Å². The molecule has 4 N–H and O–H groups in total. The Hall–Kier alpha value is -2.98. The number of thioether (sulfide) groups is 2. The standard InChI is InChI=1S/C21H22N6O2S2/c28-18(26-20-22-14-5-1-2-6-15(14)23-20)9-11-30-13-31-12-10-19(29)27-21-24-16-7-3-4-8-17(16)25-21/h1-8H,9-13H2,(H2,22,23,26,28)(H2,24,25,27,29). The van der Waals surface area contributed by atoms with Crippen LogP contribution in [0, 0.1) is 0 Å². The molecular weight excluding hydrogens is 432 g/mol. The molecule has 4 rings (SSSR count). The van der Waals surface area contributed by atoms with Crippen molar-refractivity contribution in [3.8, 4) is 0 Å². The molecular formula is C21H22N6O2S2. The van der Waals surface area contributed by atoms with E-state index in [-0.39, 0.29) is 11.8 Å². The maximum Gasteiger partial charge on any atom is 0.227 e. The van der Waals surface area contributed by atoms with Crippen LogP contribution >= 0.6 is 23.5 Å². The molecule has 0 aliphatic rings. The molecule has 2 aromatic carbocycles. The minimum absolute atomic E-state index is 0.0678. The zero-order chi connectivity index (χ0) is 21.5. The van der Waals surface area contributed by atoms with Gasteiger partial charge < -0.3 is 9.97 Å². The van der Waals surface area contributed by atoms with Crippen LogP contribution in [-0.2, 0) is 9.59 Å². The number of aromatic nitrogens is 4. The third-order valence-electron chi connectivity index (χ3n) is 4.41. The molecule has 31 heavy (non-hydrogen) atoms. The maximum absolute atomic E-state index is 12.1. The van der Waals surface area contributed by atoms with Crippen molar-refractivity contribution in [1.82, 2.24) is 19.9 Å². The Morgan fingerprint density at radius 1 is 0.742 bits per heavy atom. The zero-order valence-electron chi connectivity index (χ0n) is 16.7. The number of H-pyrrole nitrogens is 2. The zero-order valence-corrected chi connectivity index (χ0v) is 18.3. The smallest absolute Gasteiger partial charge is 0.227 e. The fourth-order valence-corrected chi connectivity index (χ4v) is 4.99. The number of amides is 2. The summed E-state index contributed by atoms with van der Waals surface area (Å²) in [5, 5.41) is 6.42. The molecule has 0 spiro atoms. The van der Waals surface area contributed by atoms with Crippen molar-refractivity contribution in [3.63, 3.8) is 0 Å². The number of nitrogens with zero attached hydrogens (tertiary/aromatic N) is 2. The van der Waals surface area contributed by atoms with Crippen molar-refractivity contribution < 1.29 is 9.59 Å². The highest BCUT2D eigenvalue weighted by atomic mass is 32.2. The van der Waals surface area contributed by atoms with E-state index in [0.717, 1.165) is 27.2 Å². The first-order valence-corrected chi connectivity index (χ1v) is 12.1. The maximum atomic E-state index is 12.1. The van der Waals surface area contributed by atoms with Crippen LogP contribution in [0.2, 0.25) is 0 Å². The molecule has 0 saturated heterocycles. The lowest BCUT2D eigenvalue weighted by molar-refractivity contribution is -0.116. The number of imidazole rings is 2. The third-order valence-corrected chi connectivity index (χ3v) is 6.73. The lowest BCUT2D eigenvalue weighted by Crippen LogP contribution is -2.13. The van der Waals surface area contributed by atoms with Gasteiger partial charge in [0.05, 0.1) is 22.1 Å². The van der Waals surface area contributed by atoms with Crippen LogP contribution in [0.25, 0.3) is 22.1 Å². The largest absolute Gasteiger partial charge is 0.324 e. The van der Waals surface area contributed by atoms with Crippen LogP contribution in [0.1, 0.15) is 12.8 Å². The number of nitrogens with one attached hydrogen (secondary N) is 4. The predicted octanol–water partition coefficient (Wildman–Crippen LogP) is 4.22. The average Bonchev–Trinajstić information content (AvgIpc) is 3.35. The molecule has 2 aromatic heterocycles. The van der Waals surface area contributed by atoms with Crippen LogP contribution in [0.5, 0.6) is 0 Å². The number of benzene rings is 2. The third kappa shape index (κ3) is 6.02. The summed E-state index contributed by atoms with van der Waals surface area (Å²) in [5.74, 6) is 2.24. The Morgan fingerprint density at radius 3 is 1.65 bits per heavy atom. The van der Waals surface area contributed by atoms with Gasteiger partial charge in [0.25, 0.3) is 0 Å². The Kier molecular flexibility index (Phi) is 7.11. The Morgan fingerprint density at radius 2 is 1.19 bits per heavy atom. The highest BCUT2D eigenvalue weighted by molar-refractivity contribution is 8.15. The Labute approximate surface area is 187 Å². The minimum atomic E-state index is -0.0678. The quantitative estimate of drug-likeness (QED) is 0.211. The number of carbonyl (C=O) groups excluding carboxylic acids is 2. The fraction of sp³-hybridized carbons (Fsp3) is 0.238. The van der Waals surface area contributed by atoms with Crippen molar-refractivity contribution in [1.29, 1.82) is 0 Å². The van der Waals surface area contributed by atoms with Gasteiger partial charge >= 0.3 is 0 Å². The van der Waals surface area contributed by atoms with Gasteiger partial charge in [0.2, 0.25) is 23.7 Å². The Balaban J connectivity index is 1.07. The van der Waals surface area contributed by atoms with Gasteiger partial charge in [-0.25, -0.2) is 9.97 Å². The van der Waals surface area contributed by atoms with E-state index in [1.165, 1.54) is 0 Å². The van der Waals surface area contributed by atoms with Crippen molar-refractivity contribution in [2.24, 2.45) is 0 Å². The van der Waals surface area contributed by atoms with Crippen molar-refractivity contribution >= 4 is 69.3 Å². The fourth-order valence-electron chi connectivity index (χ4n) is 2.92. The number of anilines is 2. The number of rotatable bonds is 10. The van der Waals surface area contributed by atoms with Crippen molar-refractivity contribution in [2.45, 2.75) is 12.8 Å². The first kappa shape index (κ1) is 21.3. The highest BCUT2D eigenvalue weighted by Gasteiger charge is 2.08. The summed E-state index contributed by atoms with van der Waals surface area (Å²) >= 11 is 3.35. The summed E-state index contributed by atoms with van der Waals surface area (Å²) in [4.78, 5) is 38.9. The summed E-state index contributed by atoms with van der Waals surface area (Å²) in [6.07, 6.45) is 0.823. The van der Waals surface area contributed by atoms with Gasteiger partial charge in [0.1, 0.15) is 0 Å². The molecule has 160 valence electrons. The molecule has 4 aromatic rings. The molecule has 2 heterocycles. The second-order valence-corrected chi connectivity index (χ2v) is 9.31. The molecule has 0 fully saturated rings. The van der Waals surface area contributed by atoms with Crippen LogP contribution in [0.15, 0.2) is 48.5 Å². The summed E-state index contributed by atoms with van der Waals surface area (Å²) in [6, 6.07) is 15.3. The predicted molar refractivity (Wildman–Crippen MR) is 128 cm³/mol. The van der Waals surface area contributed by atoms with Gasteiger partial charge in [-0.2, -0.15) is 23.5 Å². The summed E-state index contributed by atoms with van der Waals surface area (Å²) < 4.78 is 0. The molecule has 0 radical (unpaired) electrons. The first-order valence-electron chi connectivity index (χ1n) is 9.82. The van der Waals surface area contributed by atoms with Gasteiger partial charge in [-0.3, -0.25) is 20.2 Å². The van der Waals surface area contributed by atoms with Crippen LogP contribution in [0.3, 0.4) is 0 Å². The van der Waals surface area contributed by atoms with E-state index in [0.29, 0.717) is 36.2 Å². The number of hydrogen-bond donors (Lipinski definition) is 4. The van der Waals surface area contributed by atoms with Gasteiger partial charge in [0, 0.05) is 29.4 Å². The molecule has 0 aliphatic heterocycles. The second kappa shape index (κ2) is 10.4. The molecule has 10 heteroatoms. The summed E-state index contributed by atoms with van der Waals surface area (Å²) in [5.41, 5.74) is 3.45. The SMILES string of the molecule is O=C(CCSCSCCC(=O)Nc1nc2ccccc2[nH]1)Nc1nc2ccccc2[nH]1. The van der Waals surface area contributed by atoms with Crippen molar-refractivity contribution in [3.05, 3.63) is 48.5 Å².